The molecule has 1 fully saturated rings. The summed E-state index contributed by atoms with van der Waals surface area (Å²) < 4.78 is 1.64. The van der Waals surface area contributed by atoms with Crippen molar-refractivity contribution in [3.63, 3.8) is 0 Å². The highest BCUT2D eigenvalue weighted by Gasteiger charge is 2.45. The zero-order chi connectivity index (χ0) is 23.5. The average Bonchev–Trinajstić information content (AvgIpc) is 3.48. The molecule has 0 radical (unpaired) electrons. The van der Waals surface area contributed by atoms with Gasteiger partial charge in [0.2, 0.25) is 5.91 Å². The normalized spacial score (nSPS) is 23.5. The summed E-state index contributed by atoms with van der Waals surface area (Å²) in [6.45, 7) is 4.41. The third-order valence-corrected chi connectivity index (χ3v) is 7.50. The summed E-state index contributed by atoms with van der Waals surface area (Å²) in [5, 5.41) is 29.9. The summed E-state index contributed by atoms with van der Waals surface area (Å²) in [4.78, 5) is 22.3. The number of nitrogens with one attached hydrogen (secondary N) is 3. The first-order chi connectivity index (χ1) is 15.9. The fraction of sp³-hybridized carbons (Fsp3) is 0.500. The van der Waals surface area contributed by atoms with Crippen molar-refractivity contribution in [2.24, 2.45) is 5.92 Å². The molecule has 1 amide bonds. The molecule has 3 aromatic heterocycles. The van der Waals surface area contributed by atoms with Gasteiger partial charge in [0.05, 0.1) is 28.8 Å². The Kier molecular flexibility index (Phi) is 7.38. The number of hydrogen-bond donors (Lipinski definition) is 5. The summed E-state index contributed by atoms with van der Waals surface area (Å²) >= 11 is 7.93. The molecule has 3 heterocycles. The van der Waals surface area contributed by atoms with Gasteiger partial charge in [0, 0.05) is 30.1 Å². The lowest BCUT2D eigenvalue weighted by Crippen LogP contribution is -2.40. The molecule has 3 aromatic rings. The SMILES string of the molecule is CCNC(=O)[C@H]1C[C@@H](Nn2cnc3c(NC(CC)Cc4sccc4Cl)ccnc32)[C@H](O)[C@@H]1O. The van der Waals surface area contributed by atoms with Crippen LogP contribution in [0.4, 0.5) is 5.69 Å². The van der Waals surface area contributed by atoms with E-state index in [1.807, 2.05) is 24.4 Å². The summed E-state index contributed by atoms with van der Waals surface area (Å²) in [7, 11) is 0. The molecule has 4 rings (SSSR count). The number of carbonyl (C=O) groups is 1. The number of imidazole rings is 1. The first-order valence-electron chi connectivity index (χ1n) is 11.1. The Balaban J connectivity index is 1.50. The fourth-order valence-electron chi connectivity index (χ4n) is 4.24. The first-order valence-corrected chi connectivity index (χ1v) is 12.4. The van der Waals surface area contributed by atoms with Crippen LogP contribution in [0.15, 0.2) is 30.0 Å². The molecule has 33 heavy (non-hydrogen) atoms. The van der Waals surface area contributed by atoms with E-state index in [-0.39, 0.29) is 11.9 Å². The van der Waals surface area contributed by atoms with Crippen LogP contribution < -0.4 is 16.1 Å². The van der Waals surface area contributed by atoms with Crippen LogP contribution in [0, 0.1) is 5.92 Å². The van der Waals surface area contributed by atoms with Gasteiger partial charge in [0.1, 0.15) is 17.9 Å². The number of aromatic nitrogens is 3. The second kappa shape index (κ2) is 10.3. The Bertz CT molecular complexity index is 1100. The first kappa shape index (κ1) is 23.7. The van der Waals surface area contributed by atoms with Gasteiger partial charge in [0.15, 0.2) is 5.65 Å². The molecule has 0 aromatic carbocycles. The van der Waals surface area contributed by atoms with E-state index in [1.165, 1.54) is 0 Å². The molecule has 0 saturated heterocycles. The Morgan fingerprint density at radius 3 is 2.82 bits per heavy atom. The molecule has 178 valence electrons. The quantitative estimate of drug-likeness (QED) is 0.310. The highest BCUT2D eigenvalue weighted by molar-refractivity contribution is 7.10. The van der Waals surface area contributed by atoms with Crippen LogP contribution in [0.25, 0.3) is 11.2 Å². The number of aliphatic hydroxyl groups excluding tert-OH is 2. The highest BCUT2D eigenvalue weighted by atomic mass is 35.5. The second-order valence-corrected chi connectivity index (χ2v) is 9.65. The maximum Gasteiger partial charge on any atom is 0.225 e. The standard InChI is InChI=1S/C22H29ClN6O3S/c1-3-12(9-17-14(23)6-8-33-17)27-15-5-7-25-21-18(15)26-11-29(21)28-16-10-13(19(30)20(16)31)22(32)24-4-2/h5-8,11-13,16,19-20,28,30-31H,3-4,9-10H2,1-2H3,(H,24,32)(H,25,27)/t12?,13-,16+,19+,20-/m0/s1. The van der Waals surface area contributed by atoms with E-state index in [9.17, 15) is 15.0 Å². The Labute approximate surface area is 201 Å². The van der Waals surface area contributed by atoms with Crippen molar-refractivity contribution in [1.82, 2.24) is 20.0 Å². The molecule has 1 aliphatic rings. The number of fused-ring (bicyclic) bond motifs is 1. The number of hydrogen-bond acceptors (Lipinski definition) is 8. The molecule has 11 heteroatoms. The number of aliphatic hydroxyl groups is 2. The Morgan fingerprint density at radius 2 is 2.12 bits per heavy atom. The van der Waals surface area contributed by atoms with Crippen LogP contribution in [0.5, 0.6) is 0 Å². The zero-order valence-electron chi connectivity index (χ0n) is 18.5. The largest absolute Gasteiger partial charge is 0.390 e. The second-order valence-electron chi connectivity index (χ2n) is 8.24. The average molecular weight is 493 g/mol. The molecule has 0 aliphatic heterocycles. The maximum absolute atomic E-state index is 12.2. The van der Waals surface area contributed by atoms with Crippen molar-refractivity contribution < 1.29 is 15.0 Å². The van der Waals surface area contributed by atoms with E-state index in [4.69, 9.17) is 11.6 Å². The van der Waals surface area contributed by atoms with Crippen LogP contribution in [0.3, 0.4) is 0 Å². The lowest BCUT2D eigenvalue weighted by atomic mass is 10.0. The summed E-state index contributed by atoms with van der Waals surface area (Å²) in [6.07, 6.45) is 3.09. The number of pyridine rings is 1. The number of carbonyl (C=O) groups excluding carboxylic acids is 1. The minimum Gasteiger partial charge on any atom is -0.390 e. The number of anilines is 1. The van der Waals surface area contributed by atoms with E-state index in [0.29, 0.717) is 24.1 Å². The molecule has 0 spiro atoms. The fourth-order valence-corrected chi connectivity index (χ4v) is 5.44. The van der Waals surface area contributed by atoms with Crippen molar-refractivity contribution in [2.45, 2.75) is 57.4 Å². The monoisotopic (exact) mass is 492 g/mol. The molecular formula is C22H29ClN6O3S. The van der Waals surface area contributed by atoms with Gasteiger partial charge in [0.25, 0.3) is 0 Å². The molecule has 5 N–H and O–H groups in total. The van der Waals surface area contributed by atoms with Crippen LogP contribution in [-0.4, -0.2) is 61.6 Å². The van der Waals surface area contributed by atoms with Crippen LogP contribution in [0.2, 0.25) is 5.02 Å². The number of halogens is 1. The minimum absolute atomic E-state index is 0.175. The molecule has 1 aliphatic carbocycles. The summed E-state index contributed by atoms with van der Waals surface area (Å²) in [5.74, 6) is -0.934. The molecule has 0 bridgehead atoms. The maximum atomic E-state index is 12.2. The Hall–Kier alpha value is -2.40. The van der Waals surface area contributed by atoms with Crippen molar-refractivity contribution in [1.29, 1.82) is 0 Å². The molecule has 9 nitrogen and oxygen atoms in total. The smallest absolute Gasteiger partial charge is 0.225 e. The van der Waals surface area contributed by atoms with Crippen molar-refractivity contribution >= 4 is 45.7 Å². The minimum atomic E-state index is -1.14. The Morgan fingerprint density at radius 1 is 1.30 bits per heavy atom. The van der Waals surface area contributed by atoms with Gasteiger partial charge in [-0.25, -0.2) is 14.6 Å². The number of thiophene rings is 1. The van der Waals surface area contributed by atoms with Crippen molar-refractivity contribution in [2.75, 3.05) is 17.3 Å². The van der Waals surface area contributed by atoms with Gasteiger partial charge in [-0.1, -0.05) is 18.5 Å². The van der Waals surface area contributed by atoms with Crippen LogP contribution >= 0.6 is 22.9 Å². The van der Waals surface area contributed by atoms with Gasteiger partial charge in [-0.2, -0.15) is 0 Å². The number of rotatable bonds is 9. The third kappa shape index (κ3) is 4.93. The van der Waals surface area contributed by atoms with Crippen molar-refractivity contribution in [3.05, 3.63) is 39.9 Å². The molecule has 1 saturated carbocycles. The predicted molar refractivity (Wildman–Crippen MR) is 130 cm³/mol. The van der Waals surface area contributed by atoms with Crippen LogP contribution in [-0.2, 0) is 11.2 Å². The van der Waals surface area contributed by atoms with Gasteiger partial charge < -0.3 is 26.3 Å². The lowest BCUT2D eigenvalue weighted by Gasteiger charge is -2.20. The highest BCUT2D eigenvalue weighted by Crippen LogP contribution is 2.29. The molecule has 1 unspecified atom stereocenters. The summed E-state index contributed by atoms with van der Waals surface area (Å²) in [5.41, 5.74) is 5.30. The third-order valence-electron chi connectivity index (χ3n) is 6.09. The molecular weight excluding hydrogens is 464 g/mol. The topological polar surface area (TPSA) is 124 Å². The van der Waals surface area contributed by atoms with Gasteiger partial charge >= 0.3 is 0 Å². The number of amides is 1. The predicted octanol–water partition coefficient (Wildman–Crippen LogP) is 2.37. The van der Waals surface area contributed by atoms with E-state index in [0.717, 1.165) is 28.4 Å². The zero-order valence-corrected chi connectivity index (χ0v) is 20.1. The summed E-state index contributed by atoms with van der Waals surface area (Å²) in [6, 6.07) is 3.46. The van der Waals surface area contributed by atoms with Crippen LogP contribution in [0.1, 0.15) is 31.6 Å². The van der Waals surface area contributed by atoms with Gasteiger partial charge in [-0.05, 0) is 37.3 Å². The van der Waals surface area contributed by atoms with Gasteiger partial charge in [-0.3, -0.25) is 4.79 Å². The van der Waals surface area contributed by atoms with E-state index in [2.05, 4.69) is 33.0 Å². The van der Waals surface area contributed by atoms with E-state index < -0.39 is 24.2 Å². The lowest BCUT2D eigenvalue weighted by molar-refractivity contribution is -0.128. The van der Waals surface area contributed by atoms with Crippen molar-refractivity contribution in [3.8, 4) is 0 Å². The van der Waals surface area contributed by atoms with E-state index >= 15 is 0 Å². The number of nitrogens with zero attached hydrogens (tertiary/aromatic N) is 3. The molecule has 5 atom stereocenters. The van der Waals surface area contributed by atoms with Gasteiger partial charge in [-0.15, -0.1) is 11.3 Å². The van der Waals surface area contributed by atoms with E-state index in [1.54, 1.807) is 28.5 Å².